The molecule has 1 aromatic carbocycles. The molecule has 0 saturated heterocycles. The van der Waals surface area contributed by atoms with Gasteiger partial charge in [0.2, 0.25) is 0 Å². The van der Waals surface area contributed by atoms with E-state index in [1.165, 1.54) is 6.07 Å². The van der Waals surface area contributed by atoms with Gasteiger partial charge in [-0.25, -0.2) is 4.39 Å². The average molecular weight is 249 g/mol. The van der Waals surface area contributed by atoms with Crippen molar-refractivity contribution in [3.63, 3.8) is 0 Å². The molecule has 1 unspecified atom stereocenters. The summed E-state index contributed by atoms with van der Waals surface area (Å²) in [5.41, 5.74) is 1.83. The summed E-state index contributed by atoms with van der Waals surface area (Å²) in [7, 11) is 0. The van der Waals surface area contributed by atoms with Crippen LogP contribution < -0.4 is 5.32 Å². The second kappa shape index (κ2) is 4.34. The number of hydrogen-bond donors (Lipinski definition) is 1. The van der Waals surface area contributed by atoms with E-state index in [2.05, 4.69) is 39.9 Å². The van der Waals surface area contributed by atoms with Crippen LogP contribution in [0.5, 0.6) is 0 Å². The van der Waals surface area contributed by atoms with Crippen molar-refractivity contribution in [2.24, 2.45) is 16.7 Å². The second-order valence-corrected chi connectivity index (χ2v) is 6.68. The molecule has 1 aliphatic rings. The maximum absolute atomic E-state index is 13.2. The highest BCUT2D eigenvalue weighted by Gasteiger charge is 2.63. The van der Waals surface area contributed by atoms with Gasteiger partial charge in [-0.1, -0.05) is 39.8 Å². The Labute approximate surface area is 110 Å². The zero-order chi connectivity index (χ0) is 13.6. The van der Waals surface area contributed by atoms with Gasteiger partial charge in [0.15, 0.2) is 0 Å². The fraction of sp³-hybridized carbons (Fsp3) is 0.625. The van der Waals surface area contributed by atoms with Gasteiger partial charge in [-0.2, -0.15) is 0 Å². The first kappa shape index (κ1) is 13.5. The molecular formula is C16H24FN. The average Bonchev–Trinajstić information content (AvgIpc) is 2.66. The van der Waals surface area contributed by atoms with Gasteiger partial charge >= 0.3 is 0 Å². The minimum absolute atomic E-state index is 0.159. The molecule has 0 spiro atoms. The third-order valence-corrected chi connectivity index (χ3v) is 5.30. The van der Waals surface area contributed by atoms with E-state index in [0.29, 0.717) is 16.7 Å². The minimum atomic E-state index is -0.159. The molecule has 18 heavy (non-hydrogen) atoms. The third-order valence-electron chi connectivity index (χ3n) is 5.30. The Morgan fingerprint density at radius 3 is 2.33 bits per heavy atom. The molecule has 0 aliphatic heterocycles. The van der Waals surface area contributed by atoms with Gasteiger partial charge < -0.3 is 5.32 Å². The van der Waals surface area contributed by atoms with Crippen molar-refractivity contribution in [2.45, 2.75) is 40.7 Å². The van der Waals surface area contributed by atoms with Gasteiger partial charge in [0.1, 0.15) is 5.82 Å². The highest BCUT2D eigenvalue weighted by atomic mass is 19.1. The van der Waals surface area contributed by atoms with Crippen molar-refractivity contribution in [3.05, 3.63) is 35.6 Å². The Bertz CT molecular complexity index is 422. The highest BCUT2D eigenvalue weighted by Crippen LogP contribution is 2.68. The molecule has 1 fully saturated rings. The number of nitrogens with one attached hydrogen (secondary N) is 1. The molecule has 1 nitrogen and oxygen atoms in total. The first-order chi connectivity index (χ1) is 8.26. The SMILES string of the molecule is CC(NCC1C(C)(C)C1(C)C)c1cccc(F)c1. The van der Waals surface area contributed by atoms with Crippen molar-refractivity contribution in [1.29, 1.82) is 0 Å². The van der Waals surface area contributed by atoms with Gasteiger partial charge in [-0.05, 0) is 47.9 Å². The van der Waals surface area contributed by atoms with Crippen LogP contribution in [0.3, 0.4) is 0 Å². The predicted molar refractivity (Wildman–Crippen MR) is 73.9 cm³/mol. The van der Waals surface area contributed by atoms with E-state index in [9.17, 15) is 4.39 Å². The Morgan fingerprint density at radius 1 is 1.22 bits per heavy atom. The van der Waals surface area contributed by atoms with Gasteiger partial charge in [0.25, 0.3) is 0 Å². The maximum Gasteiger partial charge on any atom is 0.123 e. The van der Waals surface area contributed by atoms with Crippen LogP contribution in [0.2, 0.25) is 0 Å². The number of benzene rings is 1. The lowest BCUT2D eigenvalue weighted by atomic mass is 10.0. The molecule has 2 heteroatoms. The van der Waals surface area contributed by atoms with Crippen LogP contribution in [-0.2, 0) is 0 Å². The monoisotopic (exact) mass is 249 g/mol. The Hall–Kier alpha value is -0.890. The number of rotatable bonds is 4. The summed E-state index contributed by atoms with van der Waals surface area (Å²) in [5, 5.41) is 3.53. The van der Waals surface area contributed by atoms with Gasteiger partial charge in [-0.3, -0.25) is 0 Å². The van der Waals surface area contributed by atoms with Crippen LogP contribution in [0.25, 0.3) is 0 Å². The fourth-order valence-corrected chi connectivity index (χ4v) is 3.03. The second-order valence-electron chi connectivity index (χ2n) is 6.68. The lowest BCUT2D eigenvalue weighted by Crippen LogP contribution is -2.23. The van der Waals surface area contributed by atoms with E-state index in [-0.39, 0.29) is 11.9 Å². The topological polar surface area (TPSA) is 12.0 Å². The Kier molecular flexibility index (Phi) is 3.26. The van der Waals surface area contributed by atoms with E-state index >= 15 is 0 Å². The molecule has 0 amide bonds. The summed E-state index contributed by atoms with van der Waals surface area (Å²) < 4.78 is 13.2. The van der Waals surface area contributed by atoms with Crippen LogP contribution in [0.15, 0.2) is 24.3 Å². The van der Waals surface area contributed by atoms with Crippen molar-refractivity contribution in [3.8, 4) is 0 Å². The largest absolute Gasteiger partial charge is 0.310 e. The summed E-state index contributed by atoms with van der Waals surface area (Å²) >= 11 is 0. The van der Waals surface area contributed by atoms with Gasteiger partial charge in [0, 0.05) is 6.04 Å². The fourth-order valence-electron chi connectivity index (χ4n) is 3.03. The molecule has 1 aliphatic carbocycles. The van der Waals surface area contributed by atoms with Crippen molar-refractivity contribution in [1.82, 2.24) is 5.32 Å². The number of hydrogen-bond acceptors (Lipinski definition) is 1. The normalized spacial score (nSPS) is 22.8. The summed E-state index contributed by atoms with van der Waals surface area (Å²) in [6, 6.07) is 7.05. The van der Waals surface area contributed by atoms with Crippen LogP contribution in [0, 0.1) is 22.6 Å². The van der Waals surface area contributed by atoms with Crippen molar-refractivity contribution in [2.75, 3.05) is 6.54 Å². The van der Waals surface area contributed by atoms with Crippen LogP contribution in [-0.4, -0.2) is 6.54 Å². The first-order valence-corrected chi connectivity index (χ1v) is 6.75. The standard InChI is InChI=1S/C16H24FN/c1-11(12-7-6-8-13(17)9-12)18-10-14-15(2,3)16(14,4)5/h6-9,11,14,18H,10H2,1-5H3. The van der Waals surface area contributed by atoms with Crippen LogP contribution >= 0.6 is 0 Å². The van der Waals surface area contributed by atoms with Crippen molar-refractivity contribution < 1.29 is 4.39 Å². The van der Waals surface area contributed by atoms with E-state index < -0.39 is 0 Å². The summed E-state index contributed by atoms with van der Waals surface area (Å²) in [4.78, 5) is 0. The Balaban J connectivity index is 1.92. The Morgan fingerprint density at radius 2 is 1.83 bits per heavy atom. The molecule has 0 radical (unpaired) electrons. The number of halogens is 1. The van der Waals surface area contributed by atoms with Crippen LogP contribution in [0.4, 0.5) is 4.39 Å². The molecule has 2 rings (SSSR count). The molecule has 0 bridgehead atoms. The lowest BCUT2D eigenvalue weighted by Gasteiger charge is -2.15. The summed E-state index contributed by atoms with van der Waals surface area (Å²) in [6.07, 6.45) is 0. The molecular weight excluding hydrogens is 225 g/mol. The van der Waals surface area contributed by atoms with E-state index in [0.717, 1.165) is 12.1 Å². The molecule has 1 saturated carbocycles. The first-order valence-electron chi connectivity index (χ1n) is 6.75. The van der Waals surface area contributed by atoms with E-state index in [1.54, 1.807) is 12.1 Å². The lowest BCUT2D eigenvalue weighted by molar-refractivity contribution is 0.457. The smallest absolute Gasteiger partial charge is 0.123 e. The quantitative estimate of drug-likeness (QED) is 0.845. The van der Waals surface area contributed by atoms with E-state index in [4.69, 9.17) is 0 Å². The zero-order valence-corrected chi connectivity index (χ0v) is 12.0. The van der Waals surface area contributed by atoms with Crippen molar-refractivity contribution >= 4 is 0 Å². The van der Waals surface area contributed by atoms with E-state index in [1.807, 2.05) is 6.07 Å². The third kappa shape index (κ3) is 2.18. The highest BCUT2D eigenvalue weighted by molar-refractivity contribution is 5.20. The zero-order valence-electron chi connectivity index (χ0n) is 12.0. The maximum atomic E-state index is 13.2. The molecule has 100 valence electrons. The molecule has 0 heterocycles. The van der Waals surface area contributed by atoms with Gasteiger partial charge in [-0.15, -0.1) is 0 Å². The summed E-state index contributed by atoms with van der Waals surface area (Å²) in [6.45, 7) is 12.4. The molecule has 1 N–H and O–H groups in total. The molecule has 1 aromatic rings. The molecule has 0 aromatic heterocycles. The van der Waals surface area contributed by atoms with Gasteiger partial charge in [0.05, 0.1) is 0 Å². The van der Waals surface area contributed by atoms with Crippen LogP contribution in [0.1, 0.15) is 46.2 Å². The molecule has 1 atom stereocenters. The summed E-state index contributed by atoms with van der Waals surface area (Å²) in [5.74, 6) is 0.536. The minimum Gasteiger partial charge on any atom is -0.310 e. The predicted octanol–water partition coefficient (Wildman–Crippen LogP) is 4.16.